The number of nitrogens with zero attached hydrogens (tertiary/aromatic N) is 1. The van der Waals surface area contributed by atoms with Crippen molar-refractivity contribution < 1.29 is 4.74 Å². The van der Waals surface area contributed by atoms with E-state index in [0.717, 1.165) is 12.5 Å². The smallest absolute Gasteiger partial charge is 0.0724 e. The van der Waals surface area contributed by atoms with Gasteiger partial charge in [0.1, 0.15) is 0 Å². The highest BCUT2D eigenvalue weighted by molar-refractivity contribution is 4.86. The molecular formula is C15H30N2O. The average molecular weight is 254 g/mol. The van der Waals surface area contributed by atoms with Crippen LogP contribution < -0.4 is 5.73 Å². The van der Waals surface area contributed by atoms with E-state index in [-0.39, 0.29) is 0 Å². The van der Waals surface area contributed by atoms with Gasteiger partial charge in [0, 0.05) is 26.2 Å². The maximum atomic E-state index is 6.29. The summed E-state index contributed by atoms with van der Waals surface area (Å²) in [5.74, 6) is 2.25. The van der Waals surface area contributed by atoms with Crippen molar-refractivity contribution in [3.63, 3.8) is 0 Å². The van der Waals surface area contributed by atoms with Crippen LogP contribution in [0.3, 0.4) is 0 Å². The molecule has 18 heavy (non-hydrogen) atoms. The van der Waals surface area contributed by atoms with Crippen LogP contribution in [0.1, 0.15) is 39.5 Å². The Morgan fingerprint density at radius 3 is 2.72 bits per heavy atom. The summed E-state index contributed by atoms with van der Waals surface area (Å²) in [5.41, 5.74) is 6.29. The summed E-state index contributed by atoms with van der Waals surface area (Å²) < 4.78 is 5.60. The van der Waals surface area contributed by atoms with E-state index in [2.05, 4.69) is 18.7 Å². The van der Waals surface area contributed by atoms with Crippen LogP contribution in [0.2, 0.25) is 0 Å². The molecule has 0 spiro atoms. The van der Waals surface area contributed by atoms with Crippen LogP contribution >= 0.6 is 0 Å². The van der Waals surface area contributed by atoms with Crippen molar-refractivity contribution >= 4 is 0 Å². The molecule has 0 bridgehead atoms. The van der Waals surface area contributed by atoms with Crippen LogP contribution in [0.5, 0.6) is 0 Å². The predicted octanol–water partition coefficient (Wildman–Crippen LogP) is 2.11. The molecule has 106 valence electrons. The Hall–Kier alpha value is -0.120. The number of nitrogens with two attached hydrogens (primary N) is 1. The molecule has 5 unspecified atom stereocenters. The zero-order valence-corrected chi connectivity index (χ0v) is 12.3. The minimum absolute atomic E-state index is 0.413. The molecular weight excluding hydrogens is 224 g/mol. The van der Waals surface area contributed by atoms with Gasteiger partial charge in [-0.15, -0.1) is 0 Å². The molecule has 2 aliphatic rings. The third-order valence-corrected chi connectivity index (χ3v) is 5.07. The number of methoxy groups -OCH3 is 1. The topological polar surface area (TPSA) is 38.5 Å². The summed E-state index contributed by atoms with van der Waals surface area (Å²) in [5, 5.41) is 0. The molecule has 1 aliphatic carbocycles. The molecule has 0 aromatic heterocycles. The number of ether oxygens (including phenoxy) is 1. The van der Waals surface area contributed by atoms with Crippen molar-refractivity contribution in [3.8, 4) is 0 Å². The first-order valence-electron chi connectivity index (χ1n) is 7.61. The highest BCUT2D eigenvalue weighted by atomic mass is 16.5. The van der Waals surface area contributed by atoms with Gasteiger partial charge >= 0.3 is 0 Å². The first kappa shape index (κ1) is 14.3. The monoisotopic (exact) mass is 254 g/mol. The van der Waals surface area contributed by atoms with Crippen LogP contribution in [-0.2, 0) is 4.74 Å². The summed E-state index contributed by atoms with van der Waals surface area (Å²) in [4.78, 5) is 2.58. The van der Waals surface area contributed by atoms with Gasteiger partial charge in [-0.3, -0.25) is 0 Å². The van der Waals surface area contributed by atoms with E-state index in [1.54, 1.807) is 0 Å². The molecule has 2 rings (SSSR count). The van der Waals surface area contributed by atoms with Gasteiger partial charge in [0.2, 0.25) is 0 Å². The molecule has 1 saturated carbocycles. The Morgan fingerprint density at radius 2 is 2.00 bits per heavy atom. The fraction of sp³-hybridized carbons (Fsp3) is 1.00. The minimum atomic E-state index is 0.413. The van der Waals surface area contributed by atoms with Crippen LogP contribution in [0.4, 0.5) is 0 Å². The zero-order chi connectivity index (χ0) is 13.1. The van der Waals surface area contributed by atoms with Crippen molar-refractivity contribution in [2.45, 2.75) is 51.7 Å². The van der Waals surface area contributed by atoms with Gasteiger partial charge in [0.05, 0.1) is 6.10 Å². The maximum Gasteiger partial charge on any atom is 0.0724 e. The van der Waals surface area contributed by atoms with E-state index in [1.807, 2.05) is 7.11 Å². The number of hydrogen-bond donors (Lipinski definition) is 1. The highest BCUT2D eigenvalue weighted by Gasteiger charge is 2.31. The molecule has 1 heterocycles. The van der Waals surface area contributed by atoms with E-state index < -0.39 is 0 Å². The van der Waals surface area contributed by atoms with E-state index in [4.69, 9.17) is 10.5 Å². The lowest BCUT2D eigenvalue weighted by Crippen LogP contribution is -2.49. The summed E-state index contributed by atoms with van der Waals surface area (Å²) in [6, 6.07) is 0.418. The summed E-state index contributed by atoms with van der Waals surface area (Å²) in [6.07, 6.45) is 5.51. The van der Waals surface area contributed by atoms with Crippen LogP contribution in [0.25, 0.3) is 0 Å². The molecule has 3 nitrogen and oxygen atoms in total. The summed E-state index contributed by atoms with van der Waals surface area (Å²) >= 11 is 0. The van der Waals surface area contributed by atoms with Crippen molar-refractivity contribution in [1.29, 1.82) is 0 Å². The molecule has 0 aromatic rings. The standard InChI is InChI=1S/C15H30N2O/c1-11-4-5-14(16)13(8-11)9-17-7-6-12(2)15(10-17)18-3/h11-15H,4-10,16H2,1-3H3. The van der Waals surface area contributed by atoms with Gasteiger partial charge in [-0.25, -0.2) is 0 Å². The molecule has 1 saturated heterocycles. The van der Waals surface area contributed by atoms with Crippen molar-refractivity contribution in [3.05, 3.63) is 0 Å². The molecule has 3 heteroatoms. The SMILES string of the molecule is COC1CN(CC2CC(C)CCC2N)CCC1C. The second-order valence-electron chi connectivity index (χ2n) is 6.64. The number of hydrogen-bond acceptors (Lipinski definition) is 3. The van der Waals surface area contributed by atoms with E-state index >= 15 is 0 Å². The lowest BCUT2D eigenvalue weighted by molar-refractivity contribution is -0.0129. The van der Waals surface area contributed by atoms with Crippen molar-refractivity contribution in [2.24, 2.45) is 23.5 Å². The Kier molecular flexibility index (Phi) is 5.05. The lowest BCUT2D eigenvalue weighted by atomic mass is 9.78. The Labute approximate surface area is 112 Å². The van der Waals surface area contributed by atoms with Crippen molar-refractivity contribution in [1.82, 2.24) is 4.90 Å². The van der Waals surface area contributed by atoms with Gasteiger partial charge in [0.15, 0.2) is 0 Å². The lowest BCUT2D eigenvalue weighted by Gasteiger charge is -2.41. The first-order valence-corrected chi connectivity index (χ1v) is 7.61. The fourth-order valence-corrected chi connectivity index (χ4v) is 3.63. The van der Waals surface area contributed by atoms with E-state index in [9.17, 15) is 0 Å². The molecule has 0 amide bonds. The maximum absolute atomic E-state index is 6.29. The summed E-state index contributed by atoms with van der Waals surface area (Å²) in [6.45, 7) is 8.17. The van der Waals surface area contributed by atoms with Crippen LogP contribution in [0, 0.1) is 17.8 Å². The van der Waals surface area contributed by atoms with Crippen LogP contribution in [-0.4, -0.2) is 43.8 Å². The number of likely N-dealkylation sites (tertiary alicyclic amines) is 1. The highest BCUT2D eigenvalue weighted by Crippen LogP contribution is 2.30. The largest absolute Gasteiger partial charge is 0.380 e. The first-order chi connectivity index (χ1) is 8.60. The van der Waals surface area contributed by atoms with E-state index in [1.165, 1.54) is 38.8 Å². The molecule has 2 fully saturated rings. The molecule has 0 aromatic carbocycles. The van der Waals surface area contributed by atoms with Gasteiger partial charge < -0.3 is 15.4 Å². The van der Waals surface area contributed by atoms with Gasteiger partial charge in [-0.1, -0.05) is 13.8 Å². The van der Waals surface area contributed by atoms with Gasteiger partial charge in [-0.05, 0) is 50.0 Å². The third-order valence-electron chi connectivity index (χ3n) is 5.07. The quantitative estimate of drug-likeness (QED) is 0.838. The molecule has 5 atom stereocenters. The normalized spacial score (nSPS) is 43.0. The average Bonchev–Trinajstić information content (AvgIpc) is 2.36. The number of piperidine rings is 1. The second-order valence-corrected chi connectivity index (χ2v) is 6.64. The Balaban J connectivity index is 1.85. The Morgan fingerprint density at radius 1 is 1.22 bits per heavy atom. The molecule has 2 N–H and O–H groups in total. The van der Waals surface area contributed by atoms with E-state index in [0.29, 0.717) is 24.0 Å². The zero-order valence-electron chi connectivity index (χ0n) is 12.3. The van der Waals surface area contributed by atoms with Crippen LogP contribution in [0.15, 0.2) is 0 Å². The van der Waals surface area contributed by atoms with Gasteiger partial charge in [-0.2, -0.15) is 0 Å². The van der Waals surface area contributed by atoms with Crippen molar-refractivity contribution in [2.75, 3.05) is 26.7 Å². The molecule has 1 aliphatic heterocycles. The number of rotatable bonds is 3. The fourth-order valence-electron chi connectivity index (χ4n) is 3.63. The predicted molar refractivity (Wildman–Crippen MR) is 75.5 cm³/mol. The summed E-state index contributed by atoms with van der Waals surface area (Å²) in [7, 11) is 1.85. The van der Waals surface area contributed by atoms with Gasteiger partial charge in [0.25, 0.3) is 0 Å². The minimum Gasteiger partial charge on any atom is -0.380 e. The Bertz CT molecular complexity index is 259. The third kappa shape index (κ3) is 3.46. The molecule has 0 radical (unpaired) electrons. The second kappa shape index (κ2) is 6.36.